The molecular formula is C21H27NO2S. The van der Waals surface area contributed by atoms with E-state index in [-0.39, 0.29) is 11.8 Å². The maximum absolute atomic E-state index is 12.7. The Morgan fingerprint density at radius 3 is 2.48 bits per heavy atom. The van der Waals surface area contributed by atoms with Crippen LogP contribution >= 0.6 is 0 Å². The van der Waals surface area contributed by atoms with Crippen LogP contribution in [0, 0.1) is 6.92 Å². The molecule has 1 aliphatic carbocycles. The van der Waals surface area contributed by atoms with Crippen LogP contribution in [0.1, 0.15) is 60.0 Å². The number of aryl methyl sites for hydroxylation is 3. The SMILES string of the molecule is CC[C@@H](NS(=O)(=O)Cc1ccccc1C)c1ccc2c(c1)CCCC2. The van der Waals surface area contributed by atoms with Gasteiger partial charge in [-0.05, 0) is 66.8 Å². The Morgan fingerprint density at radius 2 is 1.76 bits per heavy atom. The molecule has 0 heterocycles. The molecule has 0 bridgehead atoms. The number of nitrogens with one attached hydrogen (secondary N) is 1. The molecule has 0 spiro atoms. The van der Waals surface area contributed by atoms with E-state index >= 15 is 0 Å². The maximum atomic E-state index is 12.7. The molecule has 0 aliphatic heterocycles. The molecule has 0 unspecified atom stereocenters. The molecule has 0 amide bonds. The number of hydrogen-bond donors (Lipinski definition) is 1. The van der Waals surface area contributed by atoms with Gasteiger partial charge < -0.3 is 0 Å². The summed E-state index contributed by atoms with van der Waals surface area (Å²) in [5, 5.41) is 0. The summed E-state index contributed by atoms with van der Waals surface area (Å²) in [5.41, 5.74) is 5.76. The van der Waals surface area contributed by atoms with Gasteiger partial charge in [0, 0.05) is 6.04 Å². The maximum Gasteiger partial charge on any atom is 0.216 e. The monoisotopic (exact) mass is 357 g/mol. The first-order chi connectivity index (χ1) is 12.0. The highest BCUT2D eigenvalue weighted by Crippen LogP contribution is 2.26. The minimum absolute atomic E-state index is 0.0289. The second kappa shape index (κ2) is 7.71. The van der Waals surface area contributed by atoms with Crippen molar-refractivity contribution in [2.75, 3.05) is 0 Å². The largest absolute Gasteiger partial charge is 0.216 e. The third-order valence-electron chi connectivity index (χ3n) is 5.11. The summed E-state index contributed by atoms with van der Waals surface area (Å²) in [6.45, 7) is 3.98. The second-order valence-electron chi connectivity index (χ2n) is 7.00. The summed E-state index contributed by atoms with van der Waals surface area (Å²) in [6, 6.07) is 14.0. The van der Waals surface area contributed by atoms with E-state index in [2.05, 4.69) is 22.9 Å². The molecule has 1 aliphatic rings. The van der Waals surface area contributed by atoms with Gasteiger partial charge in [0.1, 0.15) is 0 Å². The van der Waals surface area contributed by atoms with Gasteiger partial charge in [-0.2, -0.15) is 0 Å². The van der Waals surface area contributed by atoms with Gasteiger partial charge in [-0.3, -0.25) is 0 Å². The van der Waals surface area contributed by atoms with Crippen molar-refractivity contribution >= 4 is 10.0 Å². The zero-order valence-corrected chi connectivity index (χ0v) is 15.9. The Kier molecular flexibility index (Phi) is 5.60. The Bertz CT molecular complexity index is 843. The van der Waals surface area contributed by atoms with E-state index in [4.69, 9.17) is 0 Å². The lowest BCUT2D eigenvalue weighted by atomic mass is 9.89. The summed E-state index contributed by atoms with van der Waals surface area (Å²) in [7, 11) is -3.39. The van der Waals surface area contributed by atoms with E-state index in [1.165, 1.54) is 24.0 Å². The summed E-state index contributed by atoms with van der Waals surface area (Å²) in [6.07, 6.45) is 5.48. The van der Waals surface area contributed by atoms with Gasteiger partial charge in [-0.25, -0.2) is 13.1 Å². The van der Waals surface area contributed by atoms with Crippen molar-refractivity contribution in [1.29, 1.82) is 0 Å². The zero-order valence-electron chi connectivity index (χ0n) is 15.1. The molecule has 0 radical (unpaired) electrons. The van der Waals surface area contributed by atoms with Gasteiger partial charge in [0.25, 0.3) is 0 Å². The zero-order chi connectivity index (χ0) is 17.9. The first-order valence-electron chi connectivity index (χ1n) is 9.14. The van der Waals surface area contributed by atoms with Gasteiger partial charge in [-0.1, -0.05) is 49.4 Å². The van der Waals surface area contributed by atoms with Gasteiger partial charge in [0.05, 0.1) is 5.75 Å². The molecule has 1 N–H and O–H groups in total. The Balaban J connectivity index is 1.78. The molecule has 0 saturated heterocycles. The highest BCUT2D eigenvalue weighted by atomic mass is 32.2. The highest BCUT2D eigenvalue weighted by molar-refractivity contribution is 7.88. The number of hydrogen-bond acceptors (Lipinski definition) is 2. The van der Waals surface area contributed by atoms with Crippen LogP contribution in [0.3, 0.4) is 0 Å². The lowest BCUT2D eigenvalue weighted by molar-refractivity contribution is 0.548. The minimum atomic E-state index is -3.39. The number of rotatable bonds is 6. The van der Waals surface area contributed by atoms with Crippen molar-refractivity contribution in [3.63, 3.8) is 0 Å². The summed E-state index contributed by atoms with van der Waals surface area (Å²) in [5.74, 6) is 0.0289. The number of fused-ring (bicyclic) bond motifs is 1. The molecule has 3 nitrogen and oxygen atoms in total. The molecular weight excluding hydrogens is 330 g/mol. The van der Waals surface area contributed by atoms with Crippen LogP contribution < -0.4 is 4.72 Å². The molecule has 134 valence electrons. The fourth-order valence-electron chi connectivity index (χ4n) is 3.59. The molecule has 0 fully saturated rings. The van der Waals surface area contributed by atoms with Crippen LogP contribution in [-0.4, -0.2) is 8.42 Å². The van der Waals surface area contributed by atoms with E-state index in [1.54, 1.807) is 0 Å². The van der Waals surface area contributed by atoms with E-state index < -0.39 is 10.0 Å². The van der Waals surface area contributed by atoms with Gasteiger partial charge in [-0.15, -0.1) is 0 Å². The van der Waals surface area contributed by atoms with Gasteiger partial charge in [0.2, 0.25) is 10.0 Å². The van der Waals surface area contributed by atoms with Gasteiger partial charge >= 0.3 is 0 Å². The number of benzene rings is 2. The van der Waals surface area contributed by atoms with Crippen molar-refractivity contribution in [2.24, 2.45) is 0 Å². The molecule has 2 aromatic carbocycles. The van der Waals surface area contributed by atoms with Gasteiger partial charge in [0.15, 0.2) is 0 Å². The van der Waals surface area contributed by atoms with Crippen molar-refractivity contribution < 1.29 is 8.42 Å². The molecule has 0 saturated carbocycles. The Hall–Kier alpha value is -1.65. The van der Waals surface area contributed by atoms with Crippen LogP contribution in [0.25, 0.3) is 0 Å². The fourth-order valence-corrected chi connectivity index (χ4v) is 5.15. The molecule has 1 atom stereocenters. The third kappa shape index (κ3) is 4.50. The Morgan fingerprint density at radius 1 is 1.04 bits per heavy atom. The van der Waals surface area contributed by atoms with Crippen molar-refractivity contribution in [3.8, 4) is 0 Å². The lowest BCUT2D eigenvalue weighted by Crippen LogP contribution is -2.29. The summed E-state index contributed by atoms with van der Waals surface area (Å²) in [4.78, 5) is 0. The lowest BCUT2D eigenvalue weighted by Gasteiger charge is -2.22. The molecule has 25 heavy (non-hydrogen) atoms. The first kappa shape index (κ1) is 18.2. The number of sulfonamides is 1. The average Bonchev–Trinajstić information content (AvgIpc) is 2.61. The molecule has 3 rings (SSSR count). The molecule has 0 aromatic heterocycles. The minimum Gasteiger partial charge on any atom is -0.212 e. The highest BCUT2D eigenvalue weighted by Gasteiger charge is 2.20. The average molecular weight is 358 g/mol. The standard InChI is InChI=1S/C21H27NO2S/c1-3-21(19-13-12-17-9-6-7-10-18(17)14-19)22-25(23,24)15-20-11-5-4-8-16(20)2/h4-5,8,11-14,21-22H,3,6-7,9-10,15H2,1-2H3/t21-/m1/s1. The quantitative estimate of drug-likeness (QED) is 0.830. The fraction of sp³-hybridized carbons (Fsp3) is 0.429. The van der Waals surface area contributed by atoms with Crippen molar-refractivity contribution in [2.45, 2.75) is 57.7 Å². The van der Waals surface area contributed by atoms with Crippen LogP contribution in [0.5, 0.6) is 0 Å². The Labute approximate surface area is 151 Å². The van der Waals surface area contributed by atoms with E-state index in [9.17, 15) is 8.42 Å². The van der Waals surface area contributed by atoms with Crippen LogP contribution in [0.4, 0.5) is 0 Å². The smallest absolute Gasteiger partial charge is 0.212 e. The molecule has 2 aromatic rings. The summed E-state index contributed by atoms with van der Waals surface area (Å²) < 4.78 is 28.3. The molecule has 4 heteroatoms. The third-order valence-corrected chi connectivity index (χ3v) is 6.45. The van der Waals surface area contributed by atoms with E-state index in [1.807, 2.05) is 38.1 Å². The van der Waals surface area contributed by atoms with Crippen molar-refractivity contribution in [3.05, 3.63) is 70.3 Å². The van der Waals surface area contributed by atoms with E-state index in [0.717, 1.165) is 36.0 Å². The van der Waals surface area contributed by atoms with Crippen LogP contribution in [0.2, 0.25) is 0 Å². The first-order valence-corrected chi connectivity index (χ1v) is 10.8. The second-order valence-corrected chi connectivity index (χ2v) is 8.75. The topological polar surface area (TPSA) is 46.2 Å². The van der Waals surface area contributed by atoms with Crippen LogP contribution in [0.15, 0.2) is 42.5 Å². The predicted molar refractivity (Wildman–Crippen MR) is 103 cm³/mol. The predicted octanol–water partition coefficient (Wildman–Crippen LogP) is 4.44. The van der Waals surface area contributed by atoms with Crippen molar-refractivity contribution in [1.82, 2.24) is 4.72 Å². The summed E-state index contributed by atoms with van der Waals surface area (Å²) >= 11 is 0. The van der Waals surface area contributed by atoms with E-state index in [0.29, 0.717) is 0 Å². The normalized spacial score (nSPS) is 15.6. The van der Waals surface area contributed by atoms with Crippen LogP contribution in [-0.2, 0) is 28.6 Å².